The Kier molecular flexibility index (Phi) is 1.87. The fraction of sp³-hybridized carbons (Fsp3) is 0.333. The average molecular weight is 165 g/mol. The second-order valence-corrected chi connectivity index (χ2v) is 2.78. The van der Waals surface area contributed by atoms with Crippen molar-refractivity contribution in [2.75, 3.05) is 6.61 Å². The summed E-state index contributed by atoms with van der Waals surface area (Å²) in [6.45, 7) is 0.751. The minimum atomic E-state index is -0.161. The minimum absolute atomic E-state index is 0.161. The predicted molar refractivity (Wildman–Crippen MR) is 44.3 cm³/mol. The Bertz CT molecular complexity index is 277. The molecule has 1 aromatic heterocycles. The lowest BCUT2D eigenvalue weighted by Gasteiger charge is -2.10. The summed E-state index contributed by atoms with van der Waals surface area (Å²) >= 11 is 0. The molecule has 1 unspecified atom stereocenters. The van der Waals surface area contributed by atoms with Crippen molar-refractivity contribution in [1.29, 1.82) is 0 Å². The molecule has 0 fully saturated rings. The van der Waals surface area contributed by atoms with Gasteiger partial charge in [-0.15, -0.1) is 0 Å². The van der Waals surface area contributed by atoms with E-state index in [0.29, 0.717) is 0 Å². The molecule has 3 nitrogen and oxygen atoms in total. The maximum Gasteiger partial charge on any atom is 0.113 e. The van der Waals surface area contributed by atoms with Crippen molar-refractivity contribution < 1.29 is 9.15 Å². The van der Waals surface area contributed by atoms with Crippen molar-refractivity contribution in [2.24, 2.45) is 5.73 Å². The quantitative estimate of drug-likeness (QED) is 0.723. The SMILES string of the molecule is NC(C1=CCCO1)c1ccoc1. The standard InChI is InChI=1S/C9H11NO2/c10-9(7-3-5-11-6-7)8-2-1-4-12-8/h2-3,5-6,9H,1,4,10H2. The molecule has 12 heavy (non-hydrogen) atoms. The van der Waals surface area contributed by atoms with Gasteiger partial charge in [-0.2, -0.15) is 0 Å². The van der Waals surface area contributed by atoms with Crippen LogP contribution in [0.5, 0.6) is 0 Å². The molecule has 1 atom stereocenters. The zero-order valence-electron chi connectivity index (χ0n) is 6.69. The summed E-state index contributed by atoms with van der Waals surface area (Å²) in [5.41, 5.74) is 6.85. The Hall–Kier alpha value is -1.22. The maximum absolute atomic E-state index is 5.89. The molecular weight excluding hydrogens is 154 g/mol. The molecule has 2 rings (SSSR count). The Balaban J connectivity index is 2.14. The van der Waals surface area contributed by atoms with Gasteiger partial charge in [0.2, 0.25) is 0 Å². The second kappa shape index (κ2) is 3.03. The van der Waals surface area contributed by atoms with E-state index < -0.39 is 0 Å². The summed E-state index contributed by atoms with van der Waals surface area (Å²) < 4.78 is 10.3. The lowest BCUT2D eigenvalue weighted by Crippen LogP contribution is -2.12. The summed E-state index contributed by atoms with van der Waals surface area (Å²) in [5.74, 6) is 0.858. The van der Waals surface area contributed by atoms with Gasteiger partial charge in [-0.25, -0.2) is 0 Å². The van der Waals surface area contributed by atoms with Gasteiger partial charge < -0.3 is 14.9 Å². The van der Waals surface area contributed by atoms with E-state index in [0.717, 1.165) is 24.4 Å². The van der Waals surface area contributed by atoms with Crippen LogP contribution in [-0.2, 0) is 4.74 Å². The van der Waals surface area contributed by atoms with Crippen LogP contribution in [-0.4, -0.2) is 6.61 Å². The van der Waals surface area contributed by atoms with Gasteiger partial charge in [0.1, 0.15) is 5.76 Å². The molecule has 64 valence electrons. The first-order valence-electron chi connectivity index (χ1n) is 3.98. The highest BCUT2D eigenvalue weighted by Crippen LogP contribution is 2.23. The molecule has 0 aliphatic carbocycles. The summed E-state index contributed by atoms with van der Waals surface area (Å²) in [4.78, 5) is 0. The van der Waals surface area contributed by atoms with Gasteiger partial charge in [-0.05, 0) is 12.1 Å². The molecular formula is C9H11NO2. The summed E-state index contributed by atoms with van der Waals surface area (Å²) in [6.07, 6.45) is 6.25. The third-order valence-corrected chi connectivity index (χ3v) is 1.94. The smallest absolute Gasteiger partial charge is 0.113 e. The number of ether oxygens (including phenoxy) is 1. The van der Waals surface area contributed by atoms with E-state index in [4.69, 9.17) is 14.9 Å². The molecule has 3 heteroatoms. The highest BCUT2D eigenvalue weighted by Gasteiger charge is 2.16. The van der Waals surface area contributed by atoms with Crippen molar-refractivity contribution in [1.82, 2.24) is 0 Å². The predicted octanol–water partition coefficient (Wildman–Crippen LogP) is 1.58. The minimum Gasteiger partial charge on any atom is -0.496 e. The van der Waals surface area contributed by atoms with Crippen molar-refractivity contribution in [3.8, 4) is 0 Å². The average Bonchev–Trinajstić information content (AvgIpc) is 2.77. The highest BCUT2D eigenvalue weighted by atomic mass is 16.5. The van der Waals surface area contributed by atoms with Crippen LogP contribution in [0.2, 0.25) is 0 Å². The number of furan rings is 1. The van der Waals surface area contributed by atoms with E-state index in [1.807, 2.05) is 12.1 Å². The number of nitrogens with two attached hydrogens (primary N) is 1. The lowest BCUT2D eigenvalue weighted by atomic mass is 10.1. The van der Waals surface area contributed by atoms with E-state index in [2.05, 4.69) is 0 Å². The molecule has 1 aliphatic rings. The van der Waals surface area contributed by atoms with Gasteiger partial charge >= 0.3 is 0 Å². The molecule has 0 amide bonds. The molecule has 0 spiro atoms. The van der Waals surface area contributed by atoms with Crippen molar-refractivity contribution in [2.45, 2.75) is 12.5 Å². The van der Waals surface area contributed by atoms with Crippen LogP contribution in [0.4, 0.5) is 0 Å². The van der Waals surface area contributed by atoms with Crippen LogP contribution in [0.25, 0.3) is 0 Å². The summed E-state index contributed by atoms with van der Waals surface area (Å²) in [6, 6.07) is 1.69. The van der Waals surface area contributed by atoms with E-state index >= 15 is 0 Å². The molecule has 0 radical (unpaired) electrons. The van der Waals surface area contributed by atoms with Crippen LogP contribution in [0.3, 0.4) is 0 Å². The summed E-state index contributed by atoms with van der Waals surface area (Å²) in [7, 11) is 0. The van der Waals surface area contributed by atoms with Crippen LogP contribution in [0, 0.1) is 0 Å². The third kappa shape index (κ3) is 1.23. The van der Waals surface area contributed by atoms with Crippen LogP contribution in [0.15, 0.2) is 34.8 Å². The highest BCUT2D eigenvalue weighted by molar-refractivity contribution is 5.21. The van der Waals surface area contributed by atoms with Crippen molar-refractivity contribution >= 4 is 0 Å². The fourth-order valence-electron chi connectivity index (χ4n) is 1.27. The number of hydrogen-bond donors (Lipinski definition) is 1. The Morgan fingerprint density at radius 1 is 1.50 bits per heavy atom. The topological polar surface area (TPSA) is 48.4 Å². The molecule has 2 N–H and O–H groups in total. The van der Waals surface area contributed by atoms with Gasteiger partial charge in [-0.1, -0.05) is 0 Å². The number of hydrogen-bond acceptors (Lipinski definition) is 3. The van der Waals surface area contributed by atoms with Gasteiger partial charge in [0.25, 0.3) is 0 Å². The normalized spacial score (nSPS) is 18.6. The van der Waals surface area contributed by atoms with Gasteiger partial charge in [0.15, 0.2) is 0 Å². The molecule has 0 aromatic carbocycles. The molecule has 0 saturated carbocycles. The fourth-order valence-corrected chi connectivity index (χ4v) is 1.27. The zero-order valence-corrected chi connectivity index (χ0v) is 6.69. The van der Waals surface area contributed by atoms with Gasteiger partial charge in [0.05, 0.1) is 25.2 Å². The zero-order chi connectivity index (χ0) is 8.39. The van der Waals surface area contributed by atoms with E-state index in [9.17, 15) is 0 Å². The molecule has 1 aliphatic heterocycles. The van der Waals surface area contributed by atoms with Crippen LogP contribution < -0.4 is 5.73 Å². The van der Waals surface area contributed by atoms with Crippen molar-refractivity contribution in [3.63, 3.8) is 0 Å². The van der Waals surface area contributed by atoms with Gasteiger partial charge in [-0.3, -0.25) is 0 Å². The third-order valence-electron chi connectivity index (χ3n) is 1.94. The Morgan fingerprint density at radius 2 is 2.42 bits per heavy atom. The van der Waals surface area contributed by atoms with Crippen molar-refractivity contribution in [3.05, 3.63) is 36.0 Å². The monoisotopic (exact) mass is 165 g/mol. The summed E-state index contributed by atoms with van der Waals surface area (Å²) in [5, 5.41) is 0. The lowest BCUT2D eigenvalue weighted by molar-refractivity contribution is 0.225. The Morgan fingerprint density at radius 3 is 3.00 bits per heavy atom. The largest absolute Gasteiger partial charge is 0.496 e. The molecule has 0 saturated heterocycles. The van der Waals surface area contributed by atoms with E-state index in [-0.39, 0.29) is 6.04 Å². The van der Waals surface area contributed by atoms with Gasteiger partial charge in [0, 0.05) is 12.0 Å². The first-order valence-corrected chi connectivity index (χ1v) is 3.98. The first-order chi connectivity index (χ1) is 5.88. The maximum atomic E-state index is 5.89. The molecule has 2 heterocycles. The Labute approximate surface area is 70.8 Å². The van der Waals surface area contributed by atoms with Crippen LogP contribution in [0.1, 0.15) is 18.0 Å². The van der Waals surface area contributed by atoms with E-state index in [1.54, 1.807) is 12.5 Å². The molecule has 0 bridgehead atoms. The van der Waals surface area contributed by atoms with Crippen LogP contribution >= 0.6 is 0 Å². The van der Waals surface area contributed by atoms with E-state index in [1.165, 1.54) is 0 Å². The number of rotatable bonds is 2. The molecule has 1 aromatic rings. The second-order valence-electron chi connectivity index (χ2n) is 2.78. The first kappa shape index (κ1) is 7.43.